The van der Waals surface area contributed by atoms with Crippen LogP contribution in [0.4, 0.5) is 5.82 Å². The van der Waals surface area contributed by atoms with Crippen molar-refractivity contribution in [3.8, 4) is 5.82 Å². The van der Waals surface area contributed by atoms with E-state index in [2.05, 4.69) is 20.2 Å². The third kappa shape index (κ3) is 4.03. The van der Waals surface area contributed by atoms with Crippen molar-refractivity contribution in [2.24, 2.45) is 0 Å². The summed E-state index contributed by atoms with van der Waals surface area (Å²) in [6, 6.07) is 3.98. The maximum Gasteiger partial charge on any atom is 0.306 e. The molecule has 1 aliphatic heterocycles. The number of hydrogen-bond donors (Lipinski definition) is 0. The topological polar surface area (TPSA) is 73.1 Å². The van der Waals surface area contributed by atoms with Gasteiger partial charge < -0.3 is 9.64 Å². The SMILES string of the molecule is CCOC(=O)CCc1c(C)nn(-c2ccc(N3CCCCC3)nn2)c1C. The molecule has 0 N–H and O–H groups in total. The largest absolute Gasteiger partial charge is 0.466 e. The second-order valence-electron chi connectivity index (χ2n) is 6.66. The molecule has 0 spiro atoms. The van der Waals surface area contributed by atoms with Gasteiger partial charge in [-0.15, -0.1) is 10.2 Å². The molecule has 0 unspecified atom stereocenters. The molecule has 3 rings (SSSR count). The Labute approximate surface area is 154 Å². The van der Waals surface area contributed by atoms with Crippen LogP contribution >= 0.6 is 0 Å². The molecule has 7 heteroatoms. The van der Waals surface area contributed by atoms with E-state index in [1.54, 1.807) is 0 Å². The van der Waals surface area contributed by atoms with Crippen molar-refractivity contribution in [3.63, 3.8) is 0 Å². The molecule has 140 valence electrons. The Bertz CT molecular complexity index is 748. The summed E-state index contributed by atoms with van der Waals surface area (Å²) < 4.78 is 6.82. The van der Waals surface area contributed by atoms with E-state index in [4.69, 9.17) is 4.74 Å². The molecule has 0 saturated carbocycles. The smallest absolute Gasteiger partial charge is 0.306 e. The normalized spacial score (nSPS) is 14.5. The maximum atomic E-state index is 11.6. The maximum absolute atomic E-state index is 11.6. The van der Waals surface area contributed by atoms with Gasteiger partial charge in [-0.3, -0.25) is 4.79 Å². The number of carbonyl (C=O) groups excluding carboxylic acids is 1. The summed E-state index contributed by atoms with van der Waals surface area (Å²) in [5, 5.41) is 13.4. The van der Waals surface area contributed by atoms with Crippen LogP contribution in [0.3, 0.4) is 0 Å². The molecule has 0 bridgehead atoms. The Kier molecular flexibility index (Phi) is 5.85. The van der Waals surface area contributed by atoms with Gasteiger partial charge in [0.25, 0.3) is 0 Å². The number of rotatable bonds is 6. The summed E-state index contributed by atoms with van der Waals surface area (Å²) in [5.74, 6) is 1.45. The van der Waals surface area contributed by atoms with Gasteiger partial charge in [-0.1, -0.05) is 0 Å². The fourth-order valence-corrected chi connectivity index (χ4v) is 3.44. The molecule has 0 atom stereocenters. The van der Waals surface area contributed by atoms with Gasteiger partial charge in [0.05, 0.1) is 12.3 Å². The number of aryl methyl sites for hydroxylation is 1. The summed E-state index contributed by atoms with van der Waals surface area (Å²) in [5.41, 5.74) is 2.97. The quantitative estimate of drug-likeness (QED) is 0.740. The highest BCUT2D eigenvalue weighted by molar-refractivity contribution is 5.69. The highest BCUT2D eigenvalue weighted by atomic mass is 16.5. The van der Waals surface area contributed by atoms with Crippen molar-refractivity contribution in [2.75, 3.05) is 24.6 Å². The van der Waals surface area contributed by atoms with E-state index in [1.807, 2.05) is 37.6 Å². The number of hydrogen-bond acceptors (Lipinski definition) is 6. The zero-order valence-corrected chi connectivity index (χ0v) is 15.9. The minimum Gasteiger partial charge on any atom is -0.466 e. The molecule has 0 amide bonds. The number of piperidine rings is 1. The van der Waals surface area contributed by atoms with Crippen LogP contribution in [0, 0.1) is 13.8 Å². The minimum absolute atomic E-state index is 0.176. The van der Waals surface area contributed by atoms with Crippen molar-refractivity contribution in [1.29, 1.82) is 0 Å². The van der Waals surface area contributed by atoms with Crippen LogP contribution in [-0.4, -0.2) is 45.6 Å². The lowest BCUT2D eigenvalue weighted by molar-refractivity contribution is -0.143. The standard InChI is InChI=1S/C19H27N5O2/c1-4-26-19(25)11-8-16-14(2)22-24(15(16)3)18-10-9-17(20-21-18)23-12-6-5-7-13-23/h9-10H,4-8,11-13H2,1-3H3. The molecule has 0 radical (unpaired) electrons. The number of ether oxygens (including phenoxy) is 1. The zero-order valence-electron chi connectivity index (χ0n) is 15.9. The van der Waals surface area contributed by atoms with Crippen molar-refractivity contribution >= 4 is 11.8 Å². The van der Waals surface area contributed by atoms with E-state index in [9.17, 15) is 4.79 Å². The van der Waals surface area contributed by atoms with Gasteiger partial charge in [0.1, 0.15) is 0 Å². The lowest BCUT2D eigenvalue weighted by Gasteiger charge is -2.27. The first kappa shape index (κ1) is 18.4. The van der Waals surface area contributed by atoms with E-state index < -0.39 is 0 Å². The second-order valence-corrected chi connectivity index (χ2v) is 6.66. The average molecular weight is 357 g/mol. The third-order valence-electron chi connectivity index (χ3n) is 4.86. The Morgan fingerprint density at radius 3 is 2.46 bits per heavy atom. The molecule has 2 aromatic heterocycles. The van der Waals surface area contributed by atoms with Gasteiger partial charge in [0.2, 0.25) is 0 Å². The number of carbonyl (C=O) groups is 1. The van der Waals surface area contributed by atoms with Gasteiger partial charge in [-0.25, -0.2) is 4.68 Å². The Morgan fingerprint density at radius 1 is 1.12 bits per heavy atom. The van der Waals surface area contributed by atoms with Crippen LogP contribution in [0.15, 0.2) is 12.1 Å². The monoisotopic (exact) mass is 357 g/mol. The highest BCUT2D eigenvalue weighted by Gasteiger charge is 2.17. The van der Waals surface area contributed by atoms with E-state index in [0.717, 1.165) is 35.9 Å². The van der Waals surface area contributed by atoms with Gasteiger partial charge in [-0.2, -0.15) is 5.10 Å². The van der Waals surface area contributed by atoms with Crippen LogP contribution in [0.2, 0.25) is 0 Å². The molecule has 1 saturated heterocycles. The van der Waals surface area contributed by atoms with Crippen LogP contribution in [0.5, 0.6) is 0 Å². The summed E-state index contributed by atoms with van der Waals surface area (Å²) in [4.78, 5) is 13.9. The van der Waals surface area contributed by atoms with Crippen LogP contribution in [0.25, 0.3) is 5.82 Å². The number of esters is 1. The lowest BCUT2D eigenvalue weighted by Crippen LogP contribution is -2.30. The lowest BCUT2D eigenvalue weighted by atomic mass is 10.1. The molecule has 7 nitrogen and oxygen atoms in total. The summed E-state index contributed by atoms with van der Waals surface area (Å²) in [6.45, 7) is 8.28. The number of aromatic nitrogens is 4. The van der Waals surface area contributed by atoms with Gasteiger partial charge in [0, 0.05) is 25.2 Å². The van der Waals surface area contributed by atoms with E-state index >= 15 is 0 Å². The van der Waals surface area contributed by atoms with E-state index in [0.29, 0.717) is 25.3 Å². The first-order valence-corrected chi connectivity index (χ1v) is 9.40. The molecule has 1 aliphatic rings. The molecule has 2 aromatic rings. The van der Waals surface area contributed by atoms with Crippen LogP contribution in [0.1, 0.15) is 49.6 Å². The van der Waals surface area contributed by atoms with E-state index in [1.165, 1.54) is 19.3 Å². The molecule has 1 fully saturated rings. The molecule has 0 aromatic carbocycles. The van der Waals surface area contributed by atoms with Gasteiger partial charge in [-0.05, 0) is 64.2 Å². The second kappa shape index (κ2) is 8.29. The molecule has 0 aliphatic carbocycles. The number of nitrogens with zero attached hydrogens (tertiary/aromatic N) is 5. The Balaban J connectivity index is 1.74. The number of anilines is 1. The Hall–Kier alpha value is -2.44. The third-order valence-corrected chi connectivity index (χ3v) is 4.86. The predicted molar refractivity (Wildman–Crippen MR) is 99.6 cm³/mol. The van der Waals surface area contributed by atoms with Crippen LogP contribution in [-0.2, 0) is 16.0 Å². The predicted octanol–water partition coefficient (Wildman–Crippen LogP) is 2.77. The summed E-state index contributed by atoms with van der Waals surface area (Å²) >= 11 is 0. The highest BCUT2D eigenvalue weighted by Crippen LogP contribution is 2.21. The van der Waals surface area contributed by atoms with Crippen molar-refractivity contribution in [2.45, 2.75) is 52.9 Å². The molecule has 26 heavy (non-hydrogen) atoms. The average Bonchev–Trinajstić information content (AvgIpc) is 2.95. The summed E-state index contributed by atoms with van der Waals surface area (Å²) in [7, 11) is 0. The van der Waals surface area contributed by atoms with Gasteiger partial charge >= 0.3 is 5.97 Å². The molecule has 3 heterocycles. The van der Waals surface area contributed by atoms with Gasteiger partial charge in [0.15, 0.2) is 11.6 Å². The van der Waals surface area contributed by atoms with Crippen molar-refractivity contribution in [3.05, 3.63) is 29.1 Å². The van der Waals surface area contributed by atoms with Crippen molar-refractivity contribution in [1.82, 2.24) is 20.0 Å². The van der Waals surface area contributed by atoms with E-state index in [-0.39, 0.29) is 5.97 Å². The summed E-state index contributed by atoms with van der Waals surface area (Å²) in [6.07, 6.45) is 4.70. The minimum atomic E-state index is -0.176. The van der Waals surface area contributed by atoms with Crippen LogP contribution < -0.4 is 4.90 Å². The van der Waals surface area contributed by atoms with Crippen molar-refractivity contribution < 1.29 is 9.53 Å². The fraction of sp³-hybridized carbons (Fsp3) is 0.579. The first-order valence-electron chi connectivity index (χ1n) is 9.40. The molecular formula is C19H27N5O2. The fourth-order valence-electron chi connectivity index (χ4n) is 3.44. The first-order chi connectivity index (χ1) is 12.6. The Morgan fingerprint density at radius 2 is 1.81 bits per heavy atom. The zero-order chi connectivity index (χ0) is 18.5. The molecular weight excluding hydrogens is 330 g/mol.